The quantitative estimate of drug-likeness (QED) is 0.849. The Kier molecular flexibility index (Phi) is 3.27. The highest BCUT2D eigenvalue weighted by Gasteiger charge is 2.10. The zero-order valence-corrected chi connectivity index (χ0v) is 9.30. The minimum atomic E-state index is -0.172. The van der Waals surface area contributed by atoms with E-state index in [1.807, 2.05) is 43.3 Å². The van der Waals surface area contributed by atoms with E-state index in [0.717, 1.165) is 23.5 Å². The van der Waals surface area contributed by atoms with Crippen LogP contribution in [0.5, 0.6) is 0 Å². The molecule has 2 aromatic rings. The lowest BCUT2D eigenvalue weighted by Gasteiger charge is -2.11. The topological polar surface area (TPSA) is 51.8 Å². The molecule has 16 heavy (non-hydrogen) atoms. The molecule has 0 bridgehead atoms. The average molecular weight is 213 g/mol. The van der Waals surface area contributed by atoms with Gasteiger partial charge in [0.05, 0.1) is 11.7 Å². The summed E-state index contributed by atoms with van der Waals surface area (Å²) in [6, 6.07) is 11.7. The molecule has 1 atom stereocenters. The lowest BCUT2D eigenvalue weighted by molar-refractivity contribution is 0.792. The maximum Gasteiger partial charge on any atom is 0.128 e. The van der Waals surface area contributed by atoms with Gasteiger partial charge in [0.2, 0.25) is 0 Å². The highest BCUT2D eigenvalue weighted by molar-refractivity contribution is 5.26. The van der Waals surface area contributed by atoms with E-state index >= 15 is 0 Å². The standard InChI is InChI=1S/C13H15N3/c1-2-12-15-9-8-11(16-12)13(14)10-6-4-3-5-7-10/h3-9,13H,2,14H2,1H3. The first-order chi connectivity index (χ1) is 7.81. The normalized spacial score (nSPS) is 12.4. The van der Waals surface area contributed by atoms with Crippen LogP contribution in [0.15, 0.2) is 42.6 Å². The van der Waals surface area contributed by atoms with Crippen LogP contribution in [0.3, 0.4) is 0 Å². The first-order valence-corrected chi connectivity index (χ1v) is 5.43. The molecule has 0 fully saturated rings. The van der Waals surface area contributed by atoms with Crippen molar-refractivity contribution < 1.29 is 0 Å². The summed E-state index contributed by atoms with van der Waals surface area (Å²) in [6.45, 7) is 2.03. The van der Waals surface area contributed by atoms with Crippen molar-refractivity contribution in [3.05, 3.63) is 59.7 Å². The van der Waals surface area contributed by atoms with Crippen LogP contribution in [-0.4, -0.2) is 9.97 Å². The molecular weight excluding hydrogens is 198 g/mol. The van der Waals surface area contributed by atoms with Crippen LogP contribution >= 0.6 is 0 Å². The SMILES string of the molecule is CCc1nccc(C(N)c2ccccc2)n1. The molecule has 1 aromatic heterocycles. The largest absolute Gasteiger partial charge is 0.319 e. The van der Waals surface area contributed by atoms with E-state index < -0.39 is 0 Å². The molecule has 0 spiro atoms. The number of nitrogens with two attached hydrogens (primary N) is 1. The molecule has 0 aliphatic carbocycles. The second-order valence-corrected chi connectivity index (χ2v) is 3.64. The molecule has 3 heteroatoms. The third kappa shape index (κ3) is 2.25. The summed E-state index contributed by atoms with van der Waals surface area (Å²) in [4.78, 5) is 8.60. The Morgan fingerprint density at radius 3 is 2.62 bits per heavy atom. The Balaban J connectivity index is 2.30. The molecule has 82 valence electrons. The summed E-state index contributed by atoms with van der Waals surface area (Å²) in [5, 5.41) is 0. The van der Waals surface area contributed by atoms with Crippen molar-refractivity contribution in [2.24, 2.45) is 5.73 Å². The summed E-state index contributed by atoms with van der Waals surface area (Å²) < 4.78 is 0. The van der Waals surface area contributed by atoms with Crippen LogP contribution < -0.4 is 5.73 Å². The Morgan fingerprint density at radius 1 is 1.19 bits per heavy atom. The van der Waals surface area contributed by atoms with Crippen molar-refractivity contribution in [1.82, 2.24) is 9.97 Å². The van der Waals surface area contributed by atoms with Gasteiger partial charge in [-0.1, -0.05) is 37.3 Å². The average Bonchev–Trinajstić information content (AvgIpc) is 2.39. The summed E-state index contributed by atoms with van der Waals surface area (Å²) in [7, 11) is 0. The van der Waals surface area contributed by atoms with Crippen molar-refractivity contribution in [2.45, 2.75) is 19.4 Å². The fraction of sp³-hybridized carbons (Fsp3) is 0.231. The molecule has 0 saturated heterocycles. The molecular formula is C13H15N3. The van der Waals surface area contributed by atoms with Gasteiger partial charge in [-0.3, -0.25) is 0 Å². The number of hydrogen-bond donors (Lipinski definition) is 1. The second-order valence-electron chi connectivity index (χ2n) is 3.64. The smallest absolute Gasteiger partial charge is 0.128 e. The minimum absolute atomic E-state index is 0.172. The Hall–Kier alpha value is -1.74. The summed E-state index contributed by atoms with van der Waals surface area (Å²) in [6.07, 6.45) is 2.60. The van der Waals surface area contributed by atoms with Gasteiger partial charge in [0.15, 0.2) is 0 Å². The van der Waals surface area contributed by atoms with Crippen molar-refractivity contribution in [3.63, 3.8) is 0 Å². The van der Waals surface area contributed by atoms with Crippen molar-refractivity contribution in [1.29, 1.82) is 0 Å². The first kappa shape index (κ1) is 10.8. The van der Waals surface area contributed by atoms with Crippen LogP contribution in [0.25, 0.3) is 0 Å². The van der Waals surface area contributed by atoms with E-state index in [4.69, 9.17) is 5.73 Å². The third-order valence-corrected chi connectivity index (χ3v) is 2.52. The summed E-state index contributed by atoms with van der Waals surface area (Å²) in [5.74, 6) is 0.837. The van der Waals surface area contributed by atoms with Crippen LogP contribution in [0.4, 0.5) is 0 Å². The zero-order valence-electron chi connectivity index (χ0n) is 9.30. The maximum absolute atomic E-state index is 6.15. The second kappa shape index (κ2) is 4.86. The van der Waals surface area contributed by atoms with Gasteiger partial charge in [-0.05, 0) is 11.6 Å². The van der Waals surface area contributed by atoms with E-state index in [0.29, 0.717) is 0 Å². The van der Waals surface area contributed by atoms with Gasteiger partial charge >= 0.3 is 0 Å². The zero-order chi connectivity index (χ0) is 11.4. The maximum atomic E-state index is 6.15. The molecule has 2 N–H and O–H groups in total. The highest BCUT2D eigenvalue weighted by Crippen LogP contribution is 2.16. The fourth-order valence-corrected chi connectivity index (χ4v) is 1.59. The number of hydrogen-bond acceptors (Lipinski definition) is 3. The monoisotopic (exact) mass is 213 g/mol. The van der Waals surface area contributed by atoms with Gasteiger partial charge in [-0.25, -0.2) is 9.97 Å². The van der Waals surface area contributed by atoms with Crippen LogP contribution in [0.2, 0.25) is 0 Å². The van der Waals surface area contributed by atoms with Gasteiger partial charge in [-0.2, -0.15) is 0 Å². The number of aromatic nitrogens is 2. The number of benzene rings is 1. The first-order valence-electron chi connectivity index (χ1n) is 5.43. The molecule has 0 saturated carbocycles. The van der Waals surface area contributed by atoms with Gasteiger partial charge in [-0.15, -0.1) is 0 Å². The minimum Gasteiger partial charge on any atom is -0.319 e. The lowest BCUT2D eigenvalue weighted by atomic mass is 10.0. The predicted octanol–water partition coefficient (Wildman–Crippen LogP) is 2.09. The Bertz CT molecular complexity index is 454. The van der Waals surface area contributed by atoms with Crippen molar-refractivity contribution in [2.75, 3.05) is 0 Å². The number of nitrogens with zero attached hydrogens (tertiary/aromatic N) is 2. The van der Waals surface area contributed by atoms with Gasteiger partial charge < -0.3 is 5.73 Å². The van der Waals surface area contributed by atoms with Gasteiger partial charge in [0, 0.05) is 12.6 Å². The van der Waals surface area contributed by atoms with E-state index in [1.165, 1.54) is 0 Å². The Morgan fingerprint density at radius 2 is 1.94 bits per heavy atom. The summed E-state index contributed by atoms with van der Waals surface area (Å²) in [5.41, 5.74) is 8.10. The molecule has 0 aliphatic rings. The predicted molar refractivity (Wildman–Crippen MR) is 63.9 cm³/mol. The fourth-order valence-electron chi connectivity index (χ4n) is 1.59. The van der Waals surface area contributed by atoms with Crippen LogP contribution in [-0.2, 0) is 6.42 Å². The van der Waals surface area contributed by atoms with Gasteiger partial charge in [0.1, 0.15) is 5.82 Å². The molecule has 1 heterocycles. The van der Waals surface area contributed by atoms with E-state index in [2.05, 4.69) is 9.97 Å². The third-order valence-electron chi connectivity index (χ3n) is 2.52. The molecule has 1 unspecified atom stereocenters. The summed E-state index contributed by atoms with van der Waals surface area (Å²) >= 11 is 0. The molecule has 1 aromatic carbocycles. The lowest BCUT2D eigenvalue weighted by Crippen LogP contribution is -2.14. The van der Waals surface area contributed by atoms with Crippen molar-refractivity contribution in [3.8, 4) is 0 Å². The van der Waals surface area contributed by atoms with Crippen LogP contribution in [0.1, 0.15) is 30.0 Å². The molecule has 3 nitrogen and oxygen atoms in total. The van der Waals surface area contributed by atoms with E-state index in [9.17, 15) is 0 Å². The van der Waals surface area contributed by atoms with Gasteiger partial charge in [0.25, 0.3) is 0 Å². The number of rotatable bonds is 3. The van der Waals surface area contributed by atoms with Crippen molar-refractivity contribution >= 4 is 0 Å². The Labute approximate surface area is 95.4 Å². The number of aryl methyl sites for hydroxylation is 1. The van der Waals surface area contributed by atoms with E-state index in [-0.39, 0.29) is 6.04 Å². The molecule has 0 radical (unpaired) electrons. The highest BCUT2D eigenvalue weighted by atomic mass is 14.9. The molecule has 0 aliphatic heterocycles. The van der Waals surface area contributed by atoms with E-state index in [1.54, 1.807) is 6.20 Å². The molecule has 2 rings (SSSR count). The van der Waals surface area contributed by atoms with Crippen LogP contribution in [0, 0.1) is 0 Å². The molecule has 0 amide bonds.